The minimum Gasteiger partial charge on any atom is -0.476 e. The molecule has 96 valence electrons. The summed E-state index contributed by atoms with van der Waals surface area (Å²) >= 11 is 0. The van der Waals surface area contributed by atoms with E-state index in [9.17, 15) is 9.90 Å². The number of nitrogens with zero attached hydrogens (tertiary/aromatic N) is 3. The van der Waals surface area contributed by atoms with Crippen molar-refractivity contribution in [3.05, 3.63) is 11.4 Å². The third-order valence-electron chi connectivity index (χ3n) is 2.24. The first-order valence-electron chi connectivity index (χ1n) is 5.40. The van der Waals surface area contributed by atoms with Gasteiger partial charge < -0.3 is 15.3 Å². The number of aliphatic hydroxyl groups excluding tert-OH is 2. The molecule has 0 aliphatic heterocycles. The lowest BCUT2D eigenvalue weighted by atomic mass is 10.1. The predicted molar refractivity (Wildman–Crippen MR) is 58.6 cm³/mol. The molecule has 1 aromatic heterocycles. The smallest absolute Gasteiger partial charge is 0.358 e. The topological polar surface area (TPSA) is 108 Å². The fourth-order valence-electron chi connectivity index (χ4n) is 1.49. The number of aromatic nitrogens is 3. The normalized spacial score (nSPS) is 13.0. The van der Waals surface area contributed by atoms with Crippen molar-refractivity contribution in [1.82, 2.24) is 15.0 Å². The fraction of sp³-hybridized carbons (Fsp3) is 0.700. The van der Waals surface area contributed by atoms with Crippen LogP contribution in [0.2, 0.25) is 0 Å². The minimum absolute atomic E-state index is 0.0405. The molecule has 0 amide bonds. The maximum absolute atomic E-state index is 10.9. The zero-order valence-electron chi connectivity index (χ0n) is 9.87. The Labute approximate surface area is 98.7 Å². The summed E-state index contributed by atoms with van der Waals surface area (Å²) < 4.78 is 1.34. The molecule has 0 aliphatic carbocycles. The van der Waals surface area contributed by atoms with Gasteiger partial charge in [-0.3, -0.25) is 0 Å². The Bertz CT molecular complexity index is 389. The molecule has 0 aliphatic rings. The molecular weight excluding hydrogens is 226 g/mol. The first kappa shape index (κ1) is 13.6. The Morgan fingerprint density at radius 1 is 1.47 bits per heavy atom. The van der Waals surface area contributed by atoms with Crippen LogP contribution in [0.4, 0.5) is 0 Å². The van der Waals surface area contributed by atoms with E-state index in [4.69, 9.17) is 10.2 Å². The highest BCUT2D eigenvalue weighted by Gasteiger charge is 2.20. The van der Waals surface area contributed by atoms with E-state index < -0.39 is 18.7 Å². The molecule has 0 fully saturated rings. The van der Waals surface area contributed by atoms with Crippen molar-refractivity contribution in [3.63, 3.8) is 0 Å². The van der Waals surface area contributed by atoms with Gasteiger partial charge in [-0.1, -0.05) is 19.1 Å². The fourth-order valence-corrected chi connectivity index (χ4v) is 1.49. The first-order chi connectivity index (χ1) is 7.95. The molecule has 1 atom stereocenters. The van der Waals surface area contributed by atoms with E-state index in [2.05, 4.69) is 10.3 Å². The maximum atomic E-state index is 10.9. The highest BCUT2D eigenvalue weighted by Crippen LogP contribution is 2.12. The maximum Gasteiger partial charge on any atom is 0.358 e. The zero-order chi connectivity index (χ0) is 13.0. The second-order valence-electron chi connectivity index (χ2n) is 4.31. The molecule has 7 heteroatoms. The van der Waals surface area contributed by atoms with Crippen LogP contribution in [0.1, 0.15) is 30.0 Å². The molecule has 0 radical (unpaired) electrons. The van der Waals surface area contributed by atoms with E-state index in [-0.39, 0.29) is 18.2 Å². The highest BCUT2D eigenvalue weighted by atomic mass is 16.4. The summed E-state index contributed by atoms with van der Waals surface area (Å²) in [5, 5.41) is 34.3. The number of hydrogen-bond acceptors (Lipinski definition) is 5. The molecule has 0 saturated heterocycles. The van der Waals surface area contributed by atoms with Crippen molar-refractivity contribution in [3.8, 4) is 0 Å². The summed E-state index contributed by atoms with van der Waals surface area (Å²) in [5.41, 5.74) is 0.379. The van der Waals surface area contributed by atoms with Gasteiger partial charge in [0, 0.05) is 0 Å². The second kappa shape index (κ2) is 5.74. The van der Waals surface area contributed by atoms with Gasteiger partial charge in [0.15, 0.2) is 5.69 Å². The van der Waals surface area contributed by atoms with Crippen LogP contribution in [0, 0.1) is 5.92 Å². The third kappa shape index (κ3) is 3.50. The Morgan fingerprint density at radius 3 is 2.59 bits per heavy atom. The number of hydrogen-bond donors (Lipinski definition) is 3. The van der Waals surface area contributed by atoms with Crippen LogP contribution in [0.5, 0.6) is 0 Å². The van der Waals surface area contributed by atoms with Crippen LogP contribution in [-0.2, 0) is 13.0 Å². The van der Waals surface area contributed by atoms with Crippen LogP contribution in [0.25, 0.3) is 0 Å². The molecule has 1 rings (SSSR count). The van der Waals surface area contributed by atoms with Crippen LogP contribution < -0.4 is 0 Å². The van der Waals surface area contributed by atoms with E-state index in [1.165, 1.54) is 4.68 Å². The average molecular weight is 243 g/mol. The molecule has 17 heavy (non-hydrogen) atoms. The quantitative estimate of drug-likeness (QED) is 0.623. The molecule has 0 aromatic carbocycles. The molecule has 0 spiro atoms. The van der Waals surface area contributed by atoms with Gasteiger partial charge in [-0.05, 0) is 12.3 Å². The largest absolute Gasteiger partial charge is 0.476 e. The van der Waals surface area contributed by atoms with Crippen molar-refractivity contribution in [2.24, 2.45) is 5.92 Å². The SMILES string of the molecule is CC(C)Cc1c(C(=O)O)nnn1CC(O)CO. The molecule has 0 bridgehead atoms. The lowest BCUT2D eigenvalue weighted by Crippen LogP contribution is -2.23. The van der Waals surface area contributed by atoms with Gasteiger partial charge in [-0.2, -0.15) is 0 Å². The first-order valence-corrected chi connectivity index (χ1v) is 5.40. The van der Waals surface area contributed by atoms with E-state index >= 15 is 0 Å². The van der Waals surface area contributed by atoms with Crippen LogP contribution in [0.3, 0.4) is 0 Å². The number of rotatable bonds is 6. The van der Waals surface area contributed by atoms with Gasteiger partial charge >= 0.3 is 5.97 Å². The molecule has 1 heterocycles. The lowest BCUT2D eigenvalue weighted by molar-refractivity contribution is 0.0687. The van der Waals surface area contributed by atoms with Crippen molar-refractivity contribution < 1.29 is 20.1 Å². The molecule has 1 aromatic rings. The van der Waals surface area contributed by atoms with Gasteiger partial charge in [-0.25, -0.2) is 9.48 Å². The number of carbonyl (C=O) groups is 1. The number of aromatic carboxylic acids is 1. The van der Waals surface area contributed by atoms with Crippen molar-refractivity contribution in [2.75, 3.05) is 6.61 Å². The van der Waals surface area contributed by atoms with Gasteiger partial charge in [0.25, 0.3) is 0 Å². The lowest BCUT2D eigenvalue weighted by Gasteiger charge is -2.11. The van der Waals surface area contributed by atoms with E-state index in [1.807, 2.05) is 13.8 Å². The summed E-state index contributed by atoms with van der Waals surface area (Å²) in [6, 6.07) is 0. The molecule has 1 unspecified atom stereocenters. The van der Waals surface area contributed by atoms with E-state index in [0.29, 0.717) is 12.1 Å². The second-order valence-corrected chi connectivity index (χ2v) is 4.31. The van der Waals surface area contributed by atoms with E-state index in [1.54, 1.807) is 0 Å². The monoisotopic (exact) mass is 243 g/mol. The van der Waals surface area contributed by atoms with E-state index in [0.717, 1.165) is 0 Å². The molecule has 7 nitrogen and oxygen atoms in total. The Morgan fingerprint density at radius 2 is 2.12 bits per heavy atom. The average Bonchev–Trinajstić information content (AvgIpc) is 2.60. The zero-order valence-corrected chi connectivity index (χ0v) is 9.87. The molecular formula is C10H17N3O4. The van der Waals surface area contributed by atoms with Crippen LogP contribution in [-0.4, -0.2) is 49.0 Å². The van der Waals surface area contributed by atoms with Gasteiger partial charge in [-0.15, -0.1) is 5.10 Å². The van der Waals surface area contributed by atoms with Gasteiger partial charge in [0.1, 0.15) is 0 Å². The number of aliphatic hydroxyl groups is 2. The highest BCUT2D eigenvalue weighted by molar-refractivity contribution is 5.86. The van der Waals surface area contributed by atoms with Gasteiger partial charge in [0.05, 0.1) is 24.9 Å². The number of carboxylic acids is 1. The minimum atomic E-state index is -1.13. The number of carboxylic acid groups (broad SMARTS) is 1. The summed E-state index contributed by atoms with van der Waals surface area (Å²) in [6.07, 6.45) is -0.462. The molecule has 3 N–H and O–H groups in total. The molecule has 0 saturated carbocycles. The van der Waals surface area contributed by atoms with Crippen molar-refractivity contribution >= 4 is 5.97 Å². The summed E-state index contributed by atoms with van der Waals surface area (Å²) in [5.74, 6) is -0.887. The Kier molecular flexibility index (Phi) is 4.59. The Balaban J connectivity index is 3.00. The van der Waals surface area contributed by atoms with Crippen molar-refractivity contribution in [2.45, 2.75) is 32.9 Å². The summed E-state index contributed by atoms with van der Waals surface area (Å²) in [4.78, 5) is 10.9. The third-order valence-corrected chi connectivity index (χ3v) is 2.24. The Hall–Kier alpha value is -1.47. The van der Waals surface area contributed by atoms with Crippen LogP contribution in [0.15, 0.2) is 0 Å². The summed E-state index contributed by atoms with van der Waals surface area (Å²) in [6.45, 7) is 3.54. The summed E-state index contributed by atoms with van der Waals surface area (Å²) in [7, 11) is 0. The predicted octanol–water partition coefficient (Wildman–Crippen LogP) is -0.472. The van der Waals surface area contributed by atoms with Gasteiger partial charge in [0.2, 0.25) is 0 Å². The standard InChI is InChI=1S/C10H17N3O4/c1-6(2)3-8-9(10(16)17)11-12-13(8)4-7(15)5-14/h6-7,14-15H,3-5H2,1-2H3,(H,16,17). The van der Waals surface area contributed by atoms with Crippen molar-refractivity contribution in [1.29, 1.82) is 0 Å². The van der Waals surface area contributed by atoms with Crippen LogP contribution >= 0.6 is 0 Å².